The number of hydrogen-bond donors (Lipinski definition) is 0. The van der Waals surface area contributed by atoms with Gasteiger partial charge in [0.15, 0.2) is 0 Å². The molecule has 3 heterocycles. The lowest BCUT2D eigenvalue weighted by Gasteiger charge is -2.44. The maximum Gasteiger partial charge on any atom is 0.0890 e. The average molecular weight is 399 g/mol. The Bertz CT molecular complexity index is 1080. The van der Waals surface area contributed by atoms with Crippen LogP contribution in [-0.2, 0) is 13.1 Å². The number of para-hydroxylation sites is 4. The van der Waals surface area contributed by atoms with Crippen LogP contribution in [0.1, 0.15) is 25.2 Å². The summed E-state index contributed by atoms with van der Waals surface area (Å²) in [6.45, 7) is 8.26. The lowest BCUT2D eigenvalue weighted by atomic mass is 10.0. The maximum atomic E-state index is 4.81. The minimum atomic E-state index is 0.417. The fourth-order valence-corrected chi connectivity index (χ4v) is 4.28. The highest BCUT2D eigenvalue weighted by atomic mass is 15.3. The topological polar surface area (TPSA) is 58.0 Å². The van der Waals surface area contributed by atoms with Crippen molar-refractivity contribution >= 4 is 22.1 Å². The number of piperazine rings is 1. The van der Waals surface area contributed by atoms with E-state index in [1.165, 1.54) is 0 Å². The van der Waals surface area contributed by atoms with Crippen LogP contribution < -0.4 is 0 Å². The summed E-state index contributed by atoms with van der Waals surface area (Å²) in [5, 5.41) is 0. The molecular formula is C24H26N6. The predicted octanol–water partition coefficient (Wildman–Crippen LogP) is 3.67. The molecule has 4 aromatic rings. The van der Waals surface area contributed by atoms with Crippen LogP contribution in [0.4, 0.5) is 0 Å². The average Bonchev–Trinajstić information content (AvgIpc) is 2.78. The molecule has 0 bridgehead atoms. The highest BCUT2D eigenvalue weighted by Gasteiger charge is 2.31. The Morgan fingerprint density at radius 3 is 1.50 bits per heavy atom. The molecule has 5 rings (SSSR count). The van der Waals surface area contributed by atoms with E-state index < -0.39 is 0 Å². The van der Waals surface area contributed by atoms with E-state index in [1.54, 1.807) is 0 Å². The Kier molecular flexibility index (Phi) is 5.11. The highest BCUT2D eigenvalue weighted by molar-refractivity contribution is 5.74. The molecule has 0 aliphatic carbocycles. The van der Waals surface area contributed by atoms with E-state index in [9.17, 15) is 0 Å². The van der Waals surface area contributed by atoms with Crippen LogP contribution in [0.2, 0.25) is 0 Å². The Labute approximate surface area is 176 Å². The van der Waals surface area contributed by atoms with Gasteiger partial charge in [0.1, 0.15) is 0 Å². The van der Waals surface area contributed by atoms with Crippen molar-refractivity contribution < 1.29 is 0 Å². The van der Waals surface area contributed by atoms with E-state index in [4.69, 9.17) is 9.97 Å². The maximum absolute atomic E-state index is 4.81. The van der Waals surface area contributed by atoms with Crippen molar-refractivity contribution in [2.45, 2.75) is 39.0 Å². The fraction of sp³-hybridized carbons (Fsp3) is 0.333. The van der Waals surface area contributed by atoms with Gasteiger partial charge in [-0.3, -0.25) is 19.8 Å². The van der Waals surface area contributed by atoms with Crippen molar-refractivity contribution in [3.63, 3.8) is 0 Å². The zero-order valence-electron chi connectivity index (χ0n) is 17.4. The molecule has 0 radical (unpaired) electrons. The molecule has 1 aliphatic heterocycles. The normalized spacial score (nSPS) is 20.7. The third-order valence-electron chi connectivity index (χ3n) is 6.25. The summed E-state index contributed by atoms with van der Waals surface area (Å²) in [5.74, 6) is 0. The number of aromatic nitrogens is 4. The summed E-state index contributed by atoms with van der Waals surface area (Å²) < 4.78 is 0. The largest absolute Gasteiger partial charge is 0.292 e. The van der Waals surface area contributed by atoms with Crippen LogP contribution >= 0.6 is 0 Å². The molecule has 0 amide bonds. The molecule has 0 spiro atoms. The third kappa shape index (κ3) is 3.76. The number of benzene rings is 2. The van der Waals surface area contributed by atoms with Gasteiger partial charge < -0.3 is 0 Å². The molecule has 2 aromatic carbocycles. The molecule has 1 aliphatic rings. The van der Waals surface area contributed by atoms with Crippen molar-refractivity contribution in [2.75, 3.05) is 13.1 Å². The fourth-order valence-electron chi connectivity index (χ4n) is 4.28. The summed E-state index contributed by atoms with van der Waals surface area (Å²) in [7, 11) is 0. The van der Waals surface area contributed by atoms with Crippen LogP contribution in [0.15, 0.2) is 60.9 Å². The first-order chi connectivity index (χ1) is 14.7. The Morgan fingerprint density at radius 1 is 0.667 bits per heavy atom. The third-order valence-corrected chi connectivity index (χ3v) is 6.25. The second-order valence-electron chi connectivity index (χ2n) is 8.12. The lowest BCUT2D eigenvalue weighted by molar-refractivity contribution is 0.0246. The predicted molar refractivity (Wildman–Crippen MR) is 119 cm³/mol. The number of nitrogens with zero attached hydrogens (tertiary/aromatic N) is 6. The van der Waals surface area contributed by atoms with Crippen molar-refractivity contribution in [3.8, 4) is 0 Å². The quantitative estimate of drug-likeness (QED) is 0.523. The van der Waals surface area contributed by atoms with E-state index in [2.05, 4.69) is 33.6 Å². The summed E-state index contributed by atoms with van der Waals surface area (Å²) in [5.41, 5.74) is 5.88. The van der Waals surface area contributed by atoms with Crippen molar-refractivity contribution in [2.24, 2.45) is 0 Å². The first-order valence-corrected chi connectivity index (χ1v) is 10.6. The van der Waals surface area contributed by atoms with Gasteiger partial charge in [0, 0.05) is 38.3 Å². The second-order valence-corrected chi connectivity index (χ2v) is 8.12. The van der Waals surface area contributed by atoms with E-state index in [1.807, 2.05) is 60.9 Å². The van der Waals surface area contributed by atoms with Crippen LogP contribution in [0.3, 0.4) is 0 Å². The Hall–Kier alpha value is -2.96. The van der Waals surface area contributed by atoms with Gasteiger partial charge in [0.05, 0.1) is 45.8 Å². The standard InChI is InChI=1S/C24H26N6/c1-17-18(2)30(16-20-14-26-22-8-4-6-10-24(22)28-20)12-11-29(17)15-19-13-25-21-7-3-5-9-23(21)27-19/h3-10,13-14,17-18H,11-12,15-16H2,1-2H3. The molecule has 152 valence electrons. The minimum absolute atomic E-state index is 0.417. The van der Waals surface area contributed by atoms with Crippen LogP contribution in [0.25, 0.3) is 22.1 Å². The van der Waals surface area contributed by atoms with Crippen LogP contribution in [-0.4, -0.2) is 54.9 Å². The van der Waals surface area contributed by atoms with Gasteiger partial charge in [-0.15, -0.1) is 0 Å². The van der Waals surface area contributed by atoms with Gasteiger partial charge in [-0.1, -0.05) is 24.3 Å². The van der Waals surface area contributed by atoms with Crippen molar-refractivity contribution in [1.29, 1.82) is 0 Å². The molecule has 0 saturated carbocycles. The van der Waals surface area contributed by atoms with Gasteiger partial charge in [-0.05, 0) is 38.1 Å². The smallest absolute Gasteiger partial charge is 0.0890 e. The molecule has 1 saturated heterocycles. The Balaban J connectivity index is 1.27. The van der Waals surface area contributed by atoms with E-state index in [-0.39, 0.29) is 0 Å². The lowest BCUT2D eigenvalue weighted by Crippen LogP contribution is -2.56. The first-order valence-electron chi connectivity index (χ1n) is 10.6. The molecule has 0 N–H and O–H groups in total. The van der Waals surface area contributed by atoms with Crippen molar-refractivity contribution in [3.05, 3.63) is 72.3 Å². The molecule has 6 heteroatoms. The zero-order valence-corrected chi connectivity index (χ0v) is 17.4. The molecular weight excluding hydrogens is 372 g/mol. The highest BCUT2D eigenvalue weighted by Crippen LogP contribution is 2.21. The van der Waals surface area contributed by atoms with Gasteiger partial charge in [0.2, 0.25) is 0 Å². The second kappa shape index (κ2) is 8.05. The summed E-state index contributed by atoms with van der Waals surface area (Å²) in [4.78, 5) is 23.8. The monoisotopic (exact) mass is 398 g/mol. The molecule has 30 heavy (non-hydrogen) atoms. The van der Waals surface area contributed by atoms with E-state index in [0.717, 1.165) is 59.6 Å². The summed E-state index contributed by atoms with van der Waals surface area (Å²) in [6, 6.07) is 16.9. The van der Waals surface area contributed by atoms with E-state index in [0.29, 0.717) is 12.1 Å². The minimum Gasteiger partial charge on any atom is -0.292 e. The number of rotatable bonds is 4. The number of hydrogen-bond acceptors (Lipinski definition) is 6. The van der Waals surface area contributed by atoms with Gasteiger partial charge >= 0.3 is 0 Å². The molecule has 1 fully saturated rings. The summed E-state index contributed by atoms with van der Waals surface area (Å²) >= 11 is 0. The molecule has 2 unspecified atom stereocenters. The molecule has 6 nitrogen and oxygen atoms in total. The molecule has 2 atom stereocenters. The van der Waals surface area contributed by atoms with Gasteiger partial charge in [-0.25, -0.2) is 9.97 Å². The van der Waals surface area contributed by atoms with E-state index >= 15 is 0 Å². The first kappa shape index (κ1) is 19.0. The summed E-state index contributed by atoms with van der Waals surface area (Å²) in [6.07, 6.45) is 3.83. The van der Waals surface area contributed by atoms with Gasteiger partial charge in [0.25, 0.3) is 0 Å². The zero-order chi connectivity index (χ0) is 20.5. The van der Waals surface area contributed by atoms with Crippen molar-refractivity contribution in [1.82, 2.24) is 29.7 Å². The number of fused-ring (bicyclic) bond motifs is 2. The van der Waals surface area contributed by atoms with Crippen LogP contribution in [0.5, 0.6) is 0 Å². The van der Waals surface area contributed by atoms with Crippen LogP contribution in [0, 0.1) is 0 Å². The Morgan fingerprint density at radius 2 is 1.07 bits per heavy atom. The van der Waals surface area contributed by atoms with Gasteiger partial charge in [-0.2, -0.15) is 0 Å². The molecule has 2 aromatic heterocycles. The SMILES string of the molecule is CC1C(C)N(Cc2cnc3ccccc3n2)CCN1Cc1cnc2ccccc2n1.